The summed E-state index contributed by atoms with van der Waals surface area (Å²) in [6, 6.07) is 7.53. The van der Waals surface area contributed by atoms with Gasteiger partial charge in [0.25, 0.3) is 0 Å². The zero-order valence-corrected chi connectivity index (χ0v) is 11.6. The number of rotatable bonds is 5. The Bertz CT molecular complexity index is 369. The number of carbonyl (C=O) groups excluding carboxylic acids is 1. The summed E-state index contributed by atoms with van der Waals surface area (Å²) in [6.45, 7) is 6.06. The van der Waals surface area contributed by atoms with Crippen LogP contribution in [0.2, 0.25) is 0 Å². The third kappa shape index (κ3) is 5.10. The first kappa shape index (κ1) is 15.8. The highest BCUT2D eigenvalue weighted by Gasteiger charge is 2.11. The van der Waals surface area contributed by atoms with Crippen molar-refractivity contribution in [3.63, 3.8) is 0 Å². The molecule has 0 aliphatic rings. The molecule has 0 aromatic heterocycles. The van der Waals surface area contributed by atoms with Crippen LogP contribution in [0.1, 0.15) is 19.4 Å². The highest BCUT2D eigenvalue weighted by molar-refractivity contribution is 7.84. The molecule has 0 spiro atoms. The molecule has 1 rings (SSSR count). The Morgan fingerprint density at radius 1 is 1.41 bits per heavy atom. The minimum absolute atomic E-state index is 0.108. The second kappa shape index (κ2) is 8.90. The molecule has 0 saturated heterocycles. The summed E-state index contributed by atoms with van der Waals surface area (Å²) in [6.07, 6.45) is 0.734. The lowest BCUT2D eigenvalue weighted by Crippen LogP contribution is -2.34. The Morgan fingerprint density at radius 2 is 2.06 bits per heavy atom. The van der Waals surface area contributed by atoms with E-state index in [1.165, 1.54) is 4.31 Å². The van der Waals surface area contributed by atoms with Gasteiger partial charge in [0.1, 0.15) is 6.29 Å². The molecule has 0 heterocycles. The van der Waals surface area contributed by atoms with Gasteiger partial charge in [-0.2, -0.15) is 0 Å². The molecule has 17 heavy (non-hydrogen) atoms. The molecule has 96 valence electrons. The lowest BCUT2D eigenvalue weighted by molar-refractivity contribution is -0.106. The standard InChI is InChI=1S/C10H14N2O2S.C2H6/c1-9-4-3-5-10(8-9)12(6-7-13)15(14)11-2;1-2/h3-5,7-8,11H,6H2,1-2H3;1-2H3. The molecule has 0 fully saturated rings. The first-order valence-corrected chi connectivity index (χ1v) is 6.67. The maximum absolute atomic E-state index is 11.6. The van der Waals surface area contributed by atoms with Gasteiger partial charge in [0.15, 0.2) is 11.2 Å². The van der Waals surface area contributed by atoms with Crippen molar-refractivity contribution < 1.29 is 9.00 Å². The van der Waals surface area contributed by atoms with E-state index in [0.29, 0.717) is 0 Å². The van der Waals surface area contributed by atoms with Gasteiger partial charge in [-0.05, 0) is 31.7 Å². The van der Waals surface area contributed by atoms with Gasteiger partial charge in [-0.25, -0.2) is 8.93 Å². The first-order chi connectivity index (χ1) is 8.19. The zero-order valence-electron chi connectivity index (χ0n) is 10.8. The van der Waals surface area contributed by atoms with Crippen molar-refractivity contribution in [3.8, 4) is 0 Å². The van der Waals surface area contributed by atoms with E-state index in [0.717, 1.165) is 17.5 Å². The Balaban J connectivity index is 0.00000121. The fraction of sp³-hybridized carbons (Fsp3) is 0.417. The molecular weight excluding hydrogens is 236 g/mol. The summed E-state index contributed by atoms with van der Waals surface area (Å²) >= 11 is -1.37. The summed E-state index contributed by atoms with van der Waals surface area (Å²) in [7, 11) is 1.59. The van der Waals surface area contributed by atoms with E-state index < -0.39 is 11.2 Å². The quantitative estimate of drug-likeness (QED) is 0.817. The number of anilines is 1. The van der Waals surface area contributed by atoms with Crippen LogP contribution in [0.4, 0.5) is 5.69 Å². The molecule has 1 atom stereocenters. The van der Waals surface area contributed by atoms with Crippen LogP contribution in [0.25, 0.3) is 0 Å². The lowest BCUT2D eigenvalue weighted by atomic mass is 10.2. The van der Waals surface area contributed by atoms with Crippen LogP contribution in [0.3, 0.4) is 0 Å². The van der Waals surface area contributed by atoms with Gasteiger partial charge < -0.3 is 4.79 Å². The van der Waals surface area contributed by atoms with Crippen molar-refractivity contribution in [1.82, 2.24) is 4.72 Å². The molecular formula is C12H20N2O2S. The third-order valence-electron chi connectivity index (χ3n) is 1.90. The molecule has 1 unspecified atom stereocenters. The molecule has 0 amide bonds. The van der Waals surface area contributed by atoms with Crippen LogP contribution in [0.15, 0.2) is 24.3 Å². The molecule has 0 saturated carbocycles. The van der Waals surface area contributed by atoms with Gasteiger partial charge >= 0.3 is 0 Å². The lowest BCUT2D eigenvalue weighted by Gasteiger charge is -2.20. The van der Waals surface area contributed by atoms with Gasteiger partial charge in [0.2, 0.25) is 0 Å². The number of nitrogens with zero attached hydrogens (tertiary/aromatic N) is 1. The van der Waals surface area contributed by atoms with Gasteiger partial charge in [-0.1, -0.05) is 26.0 Å². The summed E-state index contributed by atoms with van der Waals surface area (Å²) in [5.41, 5.74) is 1.84. The van der Waals surface area contributed by atoms with Crippen LogP contribution < -0.4 is 9.03 Å². The van der Waals surface area contributed by atoms with Crippen LogP contribution in [-0.2, 0) is 16.0 Å². The third-order valence-corrected chi connectivity index (χ3v) is 3.01. The predicted molar refractivity (Wildman–Crippen MR) is 73.1 cm³/mol. The smallest absolute Gasteiger partial charge is 0.196 e. The zero-order chi connectivity index (χ0) is 13.3. The number of carbonyl (C=O) groups is 1. The summed E-state index contributed by atoms with van der Waals surface area (Å²) in [5.74, 6) is 0. The van der Waals surface area contributed by atoms with E-state index in [9.17, 15) is 9.00 Å². The van der Waals surface area contributed by atoms with Crippen molar-refractivity contribution in [1.29, 1.82) is 0 Å². The van der Waals surface area contributed by atoms with Gasteiger partial charge in [0, 0.05) is 0 Å². The number of nitrogens with one attached hydrogen (secondary N) is 1. The SMILES string of the molecule is CC.CNS(=O)N(CC=O)c1cccc(C)c1. The number of aldehydes is 1. The fourth-order valence-corrected chi connectivity index (χ4v) is 1.95. The molecule has 4 nitrogen and oxygen atoms in total. The minimum atomic E-state index is -1.37. The maximum atomic E-state index is 11.6. The average molecular weight is 256 g/mol. The molecule has 0 aliphatic carbocycles. The Hall–Kier alpha value is -1.20. The second-order valence-electron chi connectivity index (χ2n) is 3.02. The maximum Gasteiger partial charge on any atom is 0.196 e. The monoisotopic (exact) mass is 256 g/mol. The molecule has 0 aliphatic heterocycles. The van der Waals surface area contributed by atoms with Crippen LogP contribution in [-0.4, -0.2) is 24.1 Å². The fourth-order valence-electron chi connectivity index (χ4n) is 1.23. The second-order valence-corrected chi connectivity index (χ2v) is 4.37. The Labute approximate surface area is 106 Å². The molecule has 0 bridgehead atoms. The highest BCUT2D eigenvalue weighted by Crippen LogP contribution is 2.16. The number of benzene rings is 1. The van der Waals surface area contributed by atoms with E-state index in [1.807, 2.05) is 45.0 Å². The van der Waals surface area contributed by atoms with Crippen LogP contribution in [0, 0.1) is 6.92 Å². The molecule has 5 heteroatoms. The topological polar surface area (TPSA) is 49.4 Å². The average Bonchev–Trinajstić information content (AvgIpc) is 2.37. The van der Waals surface area contributed by atoms with Gasteiger partial charge in [-0.15, -0.1) is 0 Å². The molecule has 1 N–H and O–H groups in total. The van der Waals surface area contributed by atoms with Crippen LogP contribution in [0.5, 0.6) is 0 Å². The Kier molecular flexibility index (Phi) is 8.27. The largest absolute Gasteiger partial charge is 0.301 e. The van der Waals surface area contributed by atoms with Crippen molar-refractivity contribution in [3.05, 3.63) is 29.8 Å². The van der Waals surface area contributed by atoms with E-state index >= 15 is 0 Å². The Morgan fingerprint density at radius 3 is 2.53 bits per heavy atom. The summed E-state index contributed by atoms with van der Waals surface area (Å²) < 4.78 is 15.7. The number of hydrogen-bond acceptors (Lipinski definition) is 2. The van der Waals surface area contributed by atoms with E-state index in [1.54, 1.807) is 7.05 Å². The van der Waals surface area contributed by atoms with Crippen molar-refractivity contribution in [2.45, 2.75) is 20.8 Å². The van der Waals surface area contributed by atoms with Crippen molar-refractivity contribution in [2.75, 3.05) is 17.9 Å². The minimum Gasteiger partial charge on any atom is -0.301 e. The number of aryl methyl sites for hydroxylation is 1. The highest BCUT2D eigenvalue weighted by atomic mass is 32.2. The molecule has 1 aromatic carbocycles. The van der Waals surface area contributed by atoms with Crippen molar-refractivity contribution >= 4 is 23.1 Å². The van der Waals surface area contributed by atoms with Crippen LogP contribution >= 0.6 is 0 Å². The predicted octanol–water partition coefficient (Wildman–Crippen LogP) is 1.82. The van der Waals surface area contributed by atoms with Gasteiger partial charge in [0.05, 0.1) is 12.2 Å². The van der Waals surface area contributed by atoms with E-state index in [4.69, 9.17) is 0 Å². The van der Waals surface area contributed by atoms with E-state index in [2.05, 4.69) is 4.72 Å². The van der Waals surface area contributed by atoms with E-state index in [-0.39, 0.29) is 6.54 Å². The van der Waals surface area contributed by atoms with Gasteiger partial charge in [-0.3, -0.25) is 4.31 Å². The number of hydrogen-bond donors (Lipinski definition) is 1. The van der Waals surface area contributed by atoms with Crippen molar-refractivity contribution in [2.24, 2.45) is 0 Å². The molecule has 1 aromatic rings. The summed E-state index contributed by atoms with van der Waals surface area (Å²) in [4.78, 5) is 10.5. The first-order valence-electron chi connectivity index (χ1n) is 5.56. The molecule has 0 radical (unpaired) electrons. The summed E-state index contributed by atoms with van der Waals surface area (Å²) in [5, 5.41) is 0. The normalized spacial score (nSPS) is 11.1.